The average Bonchev–Trinajstić information content (AvgIpc) is 3.17. The lowest BCUT2D eigenvalue weighted by atomic mass is 9.93. The Morgan fingerprint density at radius 2 is 1.76 bits per heavy atom. The first-order valence-electron chi connectivity index (χ1n) is 7.79. The quantitative estimate of drug-likeness (QED) is 0.904. The van der Waals surface area contributed by atoms with Crippen molar-refractivity contribution in [2.75, 3.05) is 6.54 Å². The third kappa shape index (κ3) is 3.28. The molecule has 1 aromatic heterocycles. The zero-order valence-electron chi connectivity index (χ0n) is 12.1. The van der Waals surface area contributed by atoms with E-state index < -0.39 is 5.97 Å². The molecule has 0 saturated heterocycles. The zero-order valence-corrected chi connectivity index (χ0v) is 12.1. The molecule has 0 radical (unpaired) electrons. The summed E-state index contributed by atoms with van der Waals surface area (Å²) in [6.45, 7) is 0.784. The molecule has 0 spiro atoms. The molecule has 1 aromatic rings. The monoisotopic (exact) mass is 291 g/mol. The number of carboxylic acids is 1. The molecule has 1 N–H and O–H groups in total. The average molecular weight is 291 g/mol. The predicted octanol–water partition coefficient (Wildman–Crippen LogP) is 3.16. The Hall–Kier alpha value is -1.78. The van der Waals surface area contributed by atoms with Crippen LogP contribution in [0, 0.1) is 5.92 Å². The Labute approximate surface area is 123 Å². The summed E-state index contributed by atoms with van der Waals surface area (Å²) in [5.74, 6) is -0.696. The molecule has 21 heavy (non-hydrogen) atoms. The van der Waals surface area contributed by atoms with Crippen molar-refractivity contribution in [3.8, 4) is 0 Å². The van der Waals surface area contributed by atoms with Crippen LogP contribution in [-0.4, -0.2) is 34.5 Å². The number of hydrogen-bond donors (Lipinski definition) is 1. The summed E-state index contributed by atoms with van der Waals surface area (Å²) in [6, 6.07) is 3.12. The molecule has 5 heteroatoms. The SMILES string of the molecule is O=C(O)c1ccc(C(=O)N(CC2CC2)C2CCCCC2)o1. The van der Waals surface area contributed by atoms with Crippen LogP contribution in [-0.2, 0) is 0 Å². The van der Waals surface area contributed by atoms with Crippen LogP contribution in [0.15, 0.2) is 16.5 Å². The first-order chi connectivity index (χ1) is 10.1. The minimum Gasteiger partial charge on any atom is -0.475 e. The van der Waals surface area contributed by atoms with Crippen molar-refractivity contribution in [3.05, 3.63) is 23.7 Å². The van der Waals surface area contributed by atoms with Gasteiger partial charge in [0.25, 0.3) is 5.91 Å². The maximum atomic E-state index is 12.7. The van der Waals surface area contributed by atoms with E-state index >= 15 is 0 Å². The molecule has 2 aliphatic carbocycles. The highest BCUT2D eigenvalue weighted by molar-refractivity contribution is 5.93. The molecule has 5 nitrogen and oxygen atoms in total. The van der Waals surface area contributed by atoms with Gasteiger partial charge in [-0.25, -0.2) is 4.79 Å². The van der Waals surface area contributed by atoms with E-state index in [2.05, 4.69) is 0 Å². The maximum Gasteiger partial charge on any atom is 0.371 e. The minimum atomic E-state index is -1.14. The van der Waals surface area contributed by atoms with E-state index in [1.54, 1.807) is 0 Å². The summed E-state index contributed by atoms with van der Waals surface area (Å²) in [6.07, 6.45) is 8.04. The predicted molar refractivity (Wildman–Crippen MR) is 76.3 cm³/mol. The molecule has 1 heterocycles. The smallest absolute Gasteiger partial charge is 0.371 e. The second-order valence-corrected chi connectivity index (χ2v) is 6.16. The number of amides is 1. The van der Waals surface area contributed by atoms with E-state index in [1.807, 2.05) is 4.90 Å². The molecule has 114 valence electrons. The van der Waals surface area contributed by atoms with Crippen LogP contribution in [0.1, 0.15) is 66.1 Å². The number of rotatable bonds is 5. The number of hydrogen-bond acceptors (Lipinski definition) is 3. The normalized spacial score (nSPS) is 19.4. The number of carbonyl (C=O) groups excluding carboxylic acids is 1. The van der Waals surface area contributed by atoms with E-state index in [0.29, 0.717) is 5.92 Å². The van der Waals surface area contributed by atoms with E-state index in [1.165, 1.54) is 31.4 Å². The number of aromatic carboxylic acids is 1. The highest BCUT2D eigenvalue weighted by atomic mass is 16.4. The second-order valence-electron chi connectivity index (χ2n) is 6.16. The number of carboxylic acid groups (broad SMARTS) is 1. The lowest BCUT2D eigenvalue weighted by molar-refractivity contribution is 0.0578. The van der Waals surface area contributed by atoms with E-state index in [4.69, 9.17) is 9.52 Å². The first kappa shape index (κ1) is 14.2. The standard InChI is InChI=1S/C16H21NO4/c18-15(13-8-9-14(21-13)16(19)20)17(10-11-6-7-11)12-4-2-1-3-5-12/h8-9,11-12H,1-7,10H2,(H,19,20). The van der Waals surface area contributed by atoms with Crippen LogP contribution < -0.4 is 0 Å². The van der Waals surface area contributed by atoms with Crippen LogP contribution in [0.3, 0.4) is 0 Å². The molecule has 2 aliphatic rings. The first-order valence-corrected chi connectivity index (χ1v) is 7.79. The van der Waals surface area contributed by atoms with Crippen LogP contribution in [0.2, 0.25) is 0 Å². The third-order valence-electron chi connectivity index (χ3n) is 4.46. The highest BCUT2D eigenvalue weighted by Crippen LogP contribution is 2.33. The van der Waals surface area contributed by atoms with Gasteiger partial charge >= 0.3 is 5.97 Å². The van der Waals surface area contributed by atoms with Gasteiger partial charge in [-0.05, 0) is 43.7 Å². The van der Waals surface area contributed by atoms with Gasteiger partial charge in [0.15, 0.2) is 5.76 Å². The van der Waals surface area contributed by atoms with Gasteiger partial charge in [-0.3, -0.25) is 4.79 Å². The number of furan rings is 1. The molecule has 3 rings (SSSR count). The van der Waals surface area contributed by atoms with Crippen molar-refractivity contribution in [1.82, 2.24) is 4.90 Å². The molecule has 2 saturated carbocycles. The van der Waals surface area contributed by atoms with Crippen molar-refractivity contribution in [2.45, 2.75) is 51.0 Å². The Kier molecular flexibility index (Phi) is 3.99. The van der Waals surface area contributed by atoms with Gasteiger partial charge in [0.1, 0.15) is 0 Å². The van der Waals surface area contributed by atoms with Crippen LogP contribution in [0.25, 0.3) is 0 Å². The van der Waals surface area contributed by atoms with Gasteiger partial charge in [0.2, 0.25) is 5.76 Å². The fourth-order valence-electron chi connectivity index (χ4n) is 3.08. The minimum absolute atomic E-state index is 0.152. The van der Waals surface area contributed by atoms with E-state index in [9.17, 15) is 9.59 Å². The van der Waals surface area contributed by atoms with Gasteiger partial charge in [-0.1, -0.05) is 19.3 Å². The number of nitrogens with zero attached hydrogens (tertiary/aromatic N) is 1. The van der Waals surface area contributed by atoms with E-state index in [0.717, 1.165) is 32.2 Å². The molecule has 0 bridgehead atoms. The van der Waals surface area contributed by atoms with Gasteiger partial charge < -0.3 is 14.4 Å². The summed E-state index contributed by atoms with van der Waals surface area (Å²) in [5, 5.41) is 8.90. The summed E-state index contributed by atoms with van der Waals surface area (Å²) >= 11 is 0. The molecule has 1 amide bonds. The van der Waals surface area contributed by atoms with Gasteiger partial charge in [-0.15, -0.1) is 0 Å². The summed E-state index contributed by atoms with van der Waals surface area (Å²) < 4.78 is 5.19. The lowest BCUT2D eigenvalue weighted by Crippen LogP contribution is -2.42. The summed E-state index contributed by atoms with van der Waals surface area (Å²) in [5.41, 5.74) is 0. The topological polar surface area (TPSA) is 70.8 Å². The van der Waals surface area contributed by atoms with Crippen molar-refractivity contribution in [3.63, 3.8) is 0 Å². The molecule has 0 aliphatic heterocycles. The van der Waals surface area contributed by atoms with Crippen molar-refractivity contribution < 1.29 is 19.1 Å². The number of carbonyl (C=O) groups is 2. The molecular weight excluding hydrogens is 270 g/mol. The van der Waals surface area contributed by atoms with E-state index in [-0.39, 0.29) is 23.5 Å². The Morgan fingerprint density at radius 1 is 1.10 bits per heavy atom. The molecule has 0 aromatic carbocycles. The molecule has 0 unspecified atom stereocenters. The van der Waals surface area contributed by atoms with Crippen molar-refractivity contribution in [1.29, 1.82) is 0 Å². The van der Waals surface area contributed by atoms with Gasteiger partial charge in [0, 0.05) is 12.6 Å². The molecular formula is C16H21NO4. The van der Waals surface area contributed by atoms with Crippen LogP contribution in [0.4, 0.5) is 0 Å². The Balaban J connectivity index is 1.76. The maximum absolute atomic E-state index is 12.7. The second kappa shape index (κ2) is 5.92. The Bertz CT molecular complexity index is 526. The molecule has 0 atom stereocenters. The van der Waals surface area contributed by atoms with Crippen LogP contribution >= 0.6 is 0 Å². The van der Waals surface area contributed by atoms with Gasteiger partial charge in [-0.2, -0.15) is 0 Å². The fourth-order valence-corrected chi connectivity index (χ4v) is 3.08. The van der Waals surface area contributed by atoms with Crippen molar-refractivity contribution in [2.24, 2.45) is 5.92 Å². The zero-order chi connectivity index (χ0) is 14.8. The van der Waals surface area contributed by atoms with Crippen LogP contribution in [0.5, 0.6) is 0 Å². The fraction of sp³-hybridized carbons (Fsp3) is 0.625. The van der Waals surface area contributed by atoms with Gasteiger partial charge in [0.05, 0.1) is 0 Å². The summed E-state index contributed by atoms with van der Waals surface area (Å²) in [4.78, 5) is 25.5. The summed E-state index contributed by atoms with van der Waals surface area (Å²) in [7, 11) is 0. The third-order valence-corrected chi connectivity index (χ3v) is 4.46. The Morgan fingerprint density at radius 3 is 2.33 bits per heavy atom. The largest absolute Gasteiger partial charge is 0.475 e. The van der Waals surface area contributed by atoms with Crippen molar-refractivity contribution >= 4 is 11.9 Å². The highest BCUT2D eigenvalue weighted by Gasteiger charge is 2.33. The molecule has 2 fully saturated rings. The lowest BCUT2D eigenvalue weighted by Gasteiger charge is -2.34.